The zero-order valence-electron chi connectivity index (χ0n) is 12.0. The van der Waals surface area contributed by atoms with Crippen molar-refractivity contribution in [2.24, 2.45) is 0 Å². The summed E-state index contributed by atoms with van der Waals surface area (Å²) in [5, 5.41) is 3.16. The average molecular weight is 261 g/mol. The van der Waals surface area contributed by atoms with Crippen molar-refractivity contribution in [1.82, 2.24) is 5.32 Å². The van der Waals surface area contributed by atoms with Crippen molar-refractivity contribution in [3.63, 3.8) is 0 Å². The predicted molar refractivity (Wildman–Crippen MR) is 70.6 cm³/mol. The molecule has 5 heteroatoms. The number of methoxy groups -OCH3 is 1. The van der Waals surface area contributed by atoms with Gasteiger partial charge in [-0.3, -0.25) is 4.79 Å². The summed E-state index contributed by atoms with van der Waals surface area (Å²) < 4.78 is 15.4. The molecule has 5 nitrogen and oxygen atoms in total. The van der Waals surface area contributed by atoms with Gasteiger partial charge in [-0.25, -0.2) is 0 Å². The van der Waals surface area contributed by atoms with Crippen molar-refractivity contribution in [1.29, 1.82) is 0 Å². The molecule has 0 aromatic heterocycles. The smallest absolute Gasteiger partial charge is 0.322 e. The minimum absolute atomic E-state index is 0.238. The molecule has 0 bridgehead atoms. The minimum atomic E-state index is -0.299. The van der Waals surface area contributed by atoms with Crippen molar-refractivity contribution in [3.05, 3.63) is 0 Å². The number of carbonyl (C=O) groups excluding carboxylic acids is 1. The summed E-state index contributed by atoms with van der Waals surface area (Å²) in [6.07, 6.45) is 1.63. The van der Waals surface area contributed by atoms with Crippen LogP contribution in [0.4, 0.5) is 0 Å². The van der Waals surface area contributed by atoms with E-state index in [1.54, 1.807) is 0 Å². The van der Waals surface area contributed by atoms with E-state index in [9.17, 15) is 4.79 Å². The molecule has 0 radical (unpaired) electrons. The van der Waals surface area contributed by atoms with Crippen LogP contribution >= 0.6 is 0 Å². The highest BCUT2D eigenvalue weighted by atomic mass is 16.5. The molecule has 0 aromatic rings. The van der Waals surface area contributed by atoms with Gasteiger partial charge in [-0.1, -0.05) is 20.8 Å². The van der Waals surface area contributed by atoms with Gasteiger partial charge in [0.05, 0.1) is 20.3 Å². The number of hydrogen-bond donors (Lipinski definition) is 1. The van der Waals surface area contributed by atoms with E-state index in [0.29, 0.717) is 26.2 Å². The monoisotopic (exact) mass is 261 g/mol. The van der Waals surface area contributed by atoms with Crippen LogP contribution in [-0.2, 0) is 19.0 Å². The molecule has 1 unspecified atom stereocenters. The van der Waals surface area contributed by atoms with Gasteiger partial charge in [0.15, 0.2) is 0 Å². The lowest BCUT2D eigenvalue weighted by Crippen LogP contribution is -2.42. The highest BCUT2D eigenvalue weighted by Gasteiger charge is 2.19. The zero-order chi connectivity index (χ0) is 13.8. The molecule has 0 saturated heterocycles. The molecule has 1 atom stereocenters. The largest absolute Gasteiger partial charge is 0.468 e. The van der Waals surface area contributed by atoms with Crippen molar-refractivity contribution in [3.8, 4) is 0 Å². The third-order valence-corrected chi connectivity index (χ3v) is 2.29. The molecule has 0 saturated carbocycles. The van der Waals surface area contributed by atoms with Crippen LogP contribution in [0.1, 0.15) is 33.6 Å². The number of ether oxygens (including phenoxy) is 3. The second-order valence-electron chi connectivity index (χ2n) is 4.41. The maximum absolute atomic E-state index is 11.5. The summed E-state index contributed by atoms with van der Waals surface area (Å²) in [7, 11) is 1.40. The molecule has 1 N–H and O–H groups in total. The molecule has 0 fully saturated rings. The third-order valence-electron chi connectivity index (χ3n) is 2.29. The van der Waals surface area contributed by atoms with Gasteiger partial charge >= 0.3 is 5.97 Å². The van der Waals surface area contributed by atoms with Crippen LogP contribution in [0.2, 0.25) is 0 Å². The lowest BCUT2D eigenvalue weighted by molar-refractivity contribution is -0.143. The van der Waals surface area contributed by atoms with Gasteiger partial charge in [0.1, 0.15) is 6.04 Å². The SMILES string of the molecule is CCCOCCOCCC(NC(C)C)C(=O)OC. The van der Waals surface area contributed by atoms with Crippen LogP contribution in [-0.4, -0.2) is 51.6 Å². The molecular weight excluding hydrogens is 234 g/mol. The third kappa shape index (κ3) is 9.39. The first-order valence-electron chi connectivity index (χ1n) is 6.61. The van der Waals surface area contributed by atoms with E-state index < -0.39 is 0 Å². The van der Waals surface area contributed by atoms with Crippen LogP contribution in [0.15, 0.2) is 0 Å². The van der Waals surface area contributed by atoms with Crippen LogP contribution in [0, 0.1) is 0 Å². The Morgan fingerprint density at radius 3 is 2.22 bits per heavy atom. The Balaban J connectivity index is 3.66. The Kier molecular flexibility index (Phi) is 11.0. The van der Waals surface area contributed by atoms with Crippen molar-refractivity contribution in [2.75, 3.05) is 33.5 Å². The van der Waals surface area contributed by atoms with Crippen LogP contribution in [0.25, 0.3) is 0 Å². The Labute approximate surface area is 110 Å². The summed E-state index contributed by atoms with van der Waals surface area (Å²) in [4.78, 5) is 11.5. The molecule has 0 heterocycles. The average Bonchev–Trinajstić information content (AvgIpc) is 2.34. The maximum atomic E-state index is 11.5. The van der Waals surface area contributed by atoms with E-state index in [1.807, 2.05) is 13.8 Å². The number of carbonyl (C=O) groups is 1. The fourth-order valence-electron chi connectivity index (χ4n) is 1.48. The molecule has 0 aliphatic heterocycles. The molecule has 18 heavy (non-hydrogen) atoms. The van der Waals surface area contributed by atoms with Gasteiger partial charge in [-0.15, -0.1) is 0 Å². The van der Waals surface area contributed by atoms with Crippen LogP contribution < -0.4 is 5.32 Å². The number of hydrogen-bond acceptors (Lipinski definition) is 5. The molecular formula is C13H27NO4. The highest BCUT2D eigenvalue weighted by Crippen LogP contribution is 1.98. The molecule has 0 aliphatic carbocycles. The number of rotatable bonds is 11. The molecule has 0 aliphatic rings. The molecule has 108 valence electrons. The van der Waals surface area contributed by atoms with E-state index in [-0.39, 0.29) is 18.1 Å². The zero-order valence-corrected chi connectivity index (χ0v) is 12.0. The van der Waals surface area contributed by atoms with Crippen molar-refractivity contribution >= 4 is 5.97 Å². The summed E-state index contributed by atoms with van der Waals surface area (Å²) in [5.74, 6) is -0.241. The first-order valence-corrected chi connectivity index (χ1v) is 6.61. The van der Waals surface area contributed by atoms with Gasteiger partial charge in [0.25, 0.3) is 0 Å². The number of nitrogens with one attached hydrogen (secondary N) is 1. The first kappa shape index (κ1) is 17.4. The standard InChI is InChI=1S/C13H27NO4/c1-5-7-17-9-10-18-8-6-12(13(15)16-4)14-11(2)3/h11-12,14H,5-10H2,1-4H3. The Hall–Kier alpha value is -0.650. The quantitative estimate of drug-likeness (QED) is 0.449. The van der Waals surface area contributed by atoms with E-state index in [4.69, 9.17) is 14.2 Å². The summed E-state index contributed by atoms with van der Waals surface area (Å²) in [6.45, 7) is 8.52. The Bertz CT molecular complexity index is 209. The predicted octanol–water partition coefficient (Wildman–Crippen LogP) is 1.36. The van der Waals surface area contributed by atoms with E-state index in [0.717, 1.165) is 13.0 Å². The summed E-state index contributed by atoms with van der Waals surface area (Å²) in [5.41, 5.74) is 0. The fourth-order valence-corrected chi connectivity index (χ4v) is 1.48. The molecule has 0 rings (SSSR count). The lowest BCUT2D eigenvalue weighted by Gasteiger charge is -2.18. The normalized spacial score (nSPS) is 12.7. The molecule has 0 aromatic carbocycles. The van der Waals surface area contributed by atoms with Gasteiger partial charge in [-0.05, 0) is 12.8 Å². The summed E-state index contributed by atoms with van der Waals surface area (Å²) in [6, 6.07) is -0.0615. The van der Waals surface area contributed by atoms with E-state index in [1.165, 1.54) is 7.11 Å². The Morgan fingerprint density at radius 1 is 1.11 bits per heavy atom. The van der Waals surface area contributed by atoms with Gasteiger partial charge in [-0.2, -0.15) is 0 Å². The van der Waals surface area contributed by atoms with E-state index >= 15 is 0 Å². The second-order valence-corrected chi connectivity index (χ2v) is 4.41. The van der Waals surface area contributed by atoms with Crippen LogP contribution in [0.5, 0.6) is 0 Å². The Morgan fingerprint density at radius 2 is 1.72 bits per heavy atom. The van der Waals surface area contributed by atoms with Gasteiger partial charge in [0, 0.05) is 19.3 Å². The molecule has 0 spiro atoms. The van der Waals surface area contributed by atoms with Crippen molar-refractivity contribution in [2.45, 2.75) is 45.7 Å². The fraction of sp³-hybridized carbons (Fsp3) is 0.923. The van der Waals surface area contributed by atoms with Gasteiger partial charge in [0.2, 0.25) is 0 Å². The minimum Gasteiger partial charge on any atom is -0.468 e. The van der Waals surface area contributed by atoms with Gasteiger partial charge < -0.3 is 19.5 Å². The topological polar surface area (TPSA) is 56.8 Å². The highest BCUT2D eigenvalue weighted by molar-refractivity contribution is 5.75. The van der Waals surface area contributed by atoms with E-state index in [2.05, 4.69) is 12.2 Å². The number of esters is 1. The first-order chi connectivity index (χ1) is 8.61. The lowest BCUT2D eigenvalue weighted by atomic mass is 10.2. The summed E-state index contributed by atoms with van der Waals surface area (Å²) >= 11 is 0. The molecule has 0 amide bonds. The van der Waals surface area contributed by atoms with Crippen molar-refractivity contribution < 1.29 is 19.0 Å². The second kappa shape index (κ2) is 11.4. The maximum Gasteiger partial charge on any atom is 0.322 e. The van der Waals surface area contributed by atoms with Crippen LogP contribution in [0.3, 0.4) is 0 Å².